The van der Waals surface area contributed by atoms with Crippen molar-refractivity contribution in [1.29, 1.82) is 0 Å². The second kappa shape index (κ2) is 50.4. The zero-order valence-corrected chi connectivity index (χ0v) is 71.1. The molecule has 0 radical (unpaired) electrons. The van der Waals surface area contributed by atoms with E-state index in [4.69, 9.17) is 66.8 Å². The Morgan fingerprint density at radius 3 is 1.16 bits per heavy atom. The molecular formula is C78H120N28O20. The second-order valence-corrected chi connectivity index (χ2v) is 30.9. The largest absolute Gasteiger partial charge is 0.508 e. The number of aromatic amines is 1. The van der Waals surface area contributed by atoms with E-state index in [1.54, 1.807) is 27.7 Å². The zero-order chi connectivity index (χ0) is 93.8. The summed E-state index contributed by atoms with van der Waals surface area (Å²) in [5.41, 5.74) is 56.9. The zero-order valence-electron chi connectivity index (χ0n) is 71.1. The molecule has 0 spiro atoms. The number of ether oxygens (including phenoxy) is 2. The van der Waals surface area contributed by atoms with Crippen molar-refractivity contribution in [2.45, 2.75) is 197 Å². The molecule has 5 rings (SSSR count). The third-order valence-corrected chi connectivity index (χ3v) is 20.4. The van der Waals surface area contributed by atoms with Gasteiger partial charge in [0.2, 0.25) is 82.7 Å². The number of methoxy groups -OCH3 is 2. The lowest BCUT2D eigenvalue weighted by molar-refractivity contribution is -0.144. The first-order chi connectivity index (χ1) is 59.6. The molecule has 1 heterocycles. The van der Waals surface area contributed by atoms with Crippen LogP contribution in [0.4, 0.5) is 0 Å². The third kappa shape index (κ3) is 34.3. The Morgan fingerprint density at radius 2 is 0.778 bits per heavy atom. The monoisotopic (exact) mass is 1770 g/mol. The van der Waals surface area contributed by atoms with Gasteiger partial charge in [-0.3, -0.25) is 96.7 Å². The van der Waals surface area contributed by atoms with Crippen LogP contribution in [-0.4, -0.2) is 252 Å². The number of amides is 14. The molecule has 1 aromatic heterocycles. The lowest BCUT2D eigenvalue weighted by atomic mass is 9.96. The van der Waals surface area contributed by atoms with E-state index in [0.29, 0.717) is 16.8 Å². The van der Waals surface area contributed by atoms with Crippen molar-refractivity contribution in [3.05, 3.63) is 77.9 Å². The van der Waals surface area contributed by atoms with E-state index >= 15 is 0 Å². The van der Waals surface area contributed by atoms with Gasteiger partial charge in [-0.25, -0.2) is 4.98 Å². The lowest BCUT2D eigenvalue weighted by Gasteiger charge is -2.30. The van der Waals surface area contributed by atoms with Gasteiger partial charge in [-0.1, -0.05) is 58.4 Å². The Labute approximate surface area is 725 Å². The molecule has 48 heteroatoms. The van der Waals surface area contributed by atoms with Gasteiger partial charge in [0.05, 0.1) is 62.7 Å². The van der Waals surface area contributed by atoms with E-state index < -0.39 is 209 Å². The number of rotatable bonds is 54. The van der Waals surface area contributed by atoms with E-state index in [0.717, 1.165) is 14.2 Å². The number of esters is 2. The summed E-state index contributed by atoms with van der Waals surface area (Å²) in [5.74, 6) is -23.9. The van der Waals surface area contributed by atoms with E-state index in [1.807, 2.05) is 0 Å². The van der Waals surface area contributed by atoms with Gasteiger partial charge in [0.15, 0.2) is 23.8 Å². The number of nitrogens with two attached hydrogens (primary N) is 10. The number of primary amides is 2. The molecule has 2 aromatic carbocycles. The van der Waals surface area contributed by atoms with Crippen molar-refractivity contribution in [3.8, 4) is 11.5 Å². The first-order valence-corrected chi connectivity index (χ1v) is 40.7. The Morgan fingerprint density at radius 1 is 0.429 bits per heavy atom. The number of guanidine groups is 4. The molecular weight excluding hydrogens is 1650 g/mol. The smallest absolute Gasteiger partial charge is 0.311 e. The number of imidazole rings is 1. The molecule has 2 fully saturated rings. The number of carbonyl (C=O) groups is 16. The summed E-state index contributed by atoms with van der Waals surface area (Å²) < 4.78 is 10.0. The molecule has 2 aliphatic carbocycles. The van der Waals surface area contributed by atoms with Crippen LogP contribution >= 0.6 is 0 Å². The number of benzene rings is 2. The highest BCUT2D eigenvalue weighted by molar-refractivity contribution is 6.02. The minimum Gasteiger partial charge on any atom is -0.508 e. The number of phenolic OH excluding ortho intramolecular Hbond substituents is 2. The quantitative estimate of drug-likeness (QED) is 0.0108. The minimum atomic E-state index is -1.88. The van der Waals surface area contributed by atoms with Crippen LogP contribution in [-0.2, 0) is 105 Å². The highest BCUT2D eigenvalue weighted by Crippen LogP contribution is 2.42. The molecule has 2 aliphatic rings. The summed E-state index contributed by atoms with van der Waals surface area (Å²) in [6.45, 7) is 7.62. The molecule has 0 unspecified atom stereocenters. The fraction of sp³-hybridized carbons (Fsp3) is 0.551. The van der Waals surface area contributed by atoms with Crippen LogP contribution in [0.1, 0.15) is 122 Å². The van der Waals surface area contributed by atoms with Crippen LogP contribution in [0.15, 0.2) is 81.0 Å². The standard InChI is InChI=1S/C78H120N28O20/c1-8-37(4)58(104-69(119)50(31-40-19-23-43(109)24-20-40)101-67(117)51(32-41-34-89-35-94-41)102-62(112)44(95-38(5)107)13-9-25-90-75(81)82)72(122)103-52(33-53(79)110)68(118)100-49(29-36(2)3)66(116)96-46(15-11-27-92-77(85)86)64(114)105-59-55(57(59)74(124)126-7)71(121)98-47(16-12-28-93-78(87)88)65(115)106-60-54(56(60)73(123)125-6)70(120)97-45(14-10-26-91-76(83)84)63(113)99-48(61(80)111)30-39-17-21-42(108)22-18-39/h17-24,34-37,44-52,54-60,108-109H,8-16,25-33H2,1-7H3,(H2,79,110)(H2,80,111)(H,89,94)(H,95,107)(H,96,116)(H,97,120)(H,98,121)(H,99,113)(H,100,118)(H,101,117)(H,102,112)(H,103,122)(H,104,119)(H,105,114)(H,106,115)(H4,81,82,90)(H4,83,84,91)(H4,85,86,92)(H4,87,88,93)/t37-,44-,45-,46-,47-,48-,49-,50-,51-,52-,54+,55+,56+,57+,58-,59+,60+/m0/s1. The van der Waals surface area contributed by atoms with Crippen LogP contribution in [0.5, 0.6) is 11.5 Å². The van der Waals surface area contributed by atoms with Gasteiger partial charge in [-0.05, 0) is 105 Å². The third-order valence-electron chi connectivity index (χ3n) is 20.4. The summed E-state index contributed by atoms with van der Waals surface area (Å²) in [6.07, 6.45) is 0.759. The lowest BCUT2D eigenvalue weighted by Crippen LogP contribution is -2.61. The predicted molar refractivity (Wildman–Crippen MR) is 454 cm³/mol. The Hall–Kier alpha value is -14.1. The molecule has 2 saturated carbocycles. The van der Waals surface area contributed by atoms with Gasteiger partial charge >= 0.3 is 11.9 Å². The number of aliphatic imine (C=N–C) groups is 4. The fourth-order valence-electron chi connectivity index (χ4n) is 13.6. The van der Waals surface area contributed by atoms with Crippen LogP contribution in [0.3, 0.4) is 0 Å². The van der Waals surface area contributed by atoms with Crippen molar-refractivity contribution in [1.82, 2.24) is 73.8 Å². The number of carbonyl (C=O) groups excluding carboxylic acids is 16. The number of hydrogen-bond acceptors (Lipinski definition) is 25. The van der Waals surface area contributed by atoms with Gasteiger partial charge in [0, 0.05) is 64.3 Å². The maximum Gasteiger partial charge on any atom is 0.311 e. The van der Waals surface area contributed by atoms with Gasteiger partial charge in [-0.15, -0.1) is 0 Å². The first-order valence-electron chi connectivity index (χ1n) is 40.7. The summed E-state index contributed by atoms with van der Waals surface area (Å²) in [5, 5.41) is 51.0. The van der Waals surface area contributed by atoms with Crippen LogP contribution in [0, 0.1) is 35.5 Å². The maximum absolute atomic E-state index is 14.9. The fourth-order valence-corrected chi connectivity index (χ4v) is 13.6. The molecule has 14 amide bonds. The molecule has 126 heavy (non-hydrogen) atoms. The number of nitrogens with one attached hydrogen (secondary N) is 13. The molecule has 692 valence electrons. The van der Waals surface area contributed by atoms with E-state index in [9.17, 15) is 86.9 Å². The number of phenols is 2. The molecule has 48 nitrogen and oxygen atoms in total. The van der Waals surface area contributed by atoms with Crippen molar-refractivity contribution in [2.24, 2.45) is 113 Å². The molecule has 0 aliphatic heterocycles. The van der Waals surface area contributed by atoms with Crippen molar-refractivity contribution < 1.29 is 96.4 Å². The first kappa shape index (κ1) is 102. The predicted octanol–water partition coefficient (Wildman–Crippen LogP) is -8.81. The SMILES string of the molecule is CC[C@H](C)[C@H](NC(=O)[C@H](Cc1ccc(O)cc1)NC(=O)[C@H](Cc1cnc[nH]1)NC(=O)[C@H](CCCN=C(N)N)NC(C)=O)C(=O)N[C@@H](CC(N)=O)C(=O)N[C@@H](CC(C)C)C(=O)N[C@@H](CCCN=C(N)N)C(=O)N[C@@H]1[C@H](C(=O)N[C@@H](CCCN=C(N)N)C(=O)N[C@@H]2[C@H](C(=O)N[C@@H](CCCN=C(N)N)C(=O)N[C@@H](Cc3ccc(O)cc3)C(N)=O)[C@H]2C(=O)OC)[C@H]1C(=O)OC. The Kier molecular flexibility index (Phi) is 41.0. The van der Waals surface area contributed by atoms with Gasteiger partial charge in [-0.2, -0.15) is 0 Å². The van der Waals surface area contributed by atoms with Crippen LogP contribution in [0.25, 0.3) is 0 Å². The average Bonchev–Trinajstić information content (AvgIpc) is 1.59. The topological polar surface area (TPSA) is 815 Å². The van der Waals surface area contributed by atoms with Gasteiger partial charge in [0.25, 0.3) is 0 Å². The van der Waals surface area contributed by atoms with Gasteiger partial charge in [0.1, 0.15) is 71.9 Å². The molecule has 3 aromatic rings. The Bertz CT molecular complexity index is 4400. The van der Waals surface area contributed by atoms with E-state index in [-0.39, 0.29) is 145 Å². The van der Waals surface area contributed by atoms with Crippen molar-refractivity contribution in [3.63, 3.8) is 0 Å². The number of aromatic nitrogens is 2. The Balaban J connectivity index is 1.39. The number of aromatic hydroxyl groups is 2. The summed E-state index contributed by atoms with van der Waals surface area (Å²) in [4.78, 5) is 247. The highest BCUT2D eigenvalue weighted by atomic mass is 16.5. The van der Waals surface area contributed by atoms with E-state index in [2.05, 4.69) is 93.7 Å². The molecule has 0 bridgehead atoms. The maximum atomic E-state index is 14.9. The normalized spacial score (nSPS) is 17.9. The summed E-state index contributed by atoms with van der Waals surface area (Å²) in [6, 6.07) is -6.79. The molecule has 35 N–H and O–H groups in total. The number of H-pyrrole nitrogens is 1. The molecule has 17 atom stereocenters. The highest BCUT2D eigenvalue weighted by Gasteiger charge is 2.63. The van der Waals surface area contributed by atoms with E-state index in [1.165, 1.54) is 68.0 Å². The van der Waals surface area contributed by atoms with Crippen LogP contribution < -0.4 is 121 Å². The average molecular weight is 1770 g/mol. The van der Waals surface area contributed by atoms with Crippen molar-refractivity contribution in [2.75, 3.05) is 40.4 Å². The molecule has 0 saturated heterocycles. The summed E-state index contributed by atoms with van der Waals surface area (Å²) >= 11 is 0. The number of hydrogen-bond donors (Lipinski definition) is 25. The van der Waals surface area contributed by atoms with Gasteiger partial charge < -0.3 is 146 Å². The number of nitrogens with zero attached hydrogens (tertiary/aromatic N) is 5. The second-order valence-electron chi connectivity index (χ2n) is 30.9. The van der Waals surface area contributed by atoms with Crippen molar-refractivity contribution >= 4 is 118 Å². The summed E-state index contributed by atoms with van der Waals surface area (Å²) in [7, 11) is 2.01. The minimum absolute atomic E-state index is 0.0141. The van der Waals surface area contributed by atoms with Crippen LogP contribution in [0.2, 0.25) is 0 Å².